The Morgan fingerprint density at radius 1 is 0.880 bits per heavy atom. The van der Waals surface area contributed by atoms with Gasteiger partial charge in [-0.15, -0.1) is 0 Å². The zero-order valence-electron chi connectivity index (χ0n) is 14.6. The molecule has 0 aromatic heterocycles. The molecule has 0 atom stereocenters. The van der Waals surface area contributed by atoms with Crippen molar-refractivity contribution >= 4 is 5.91 Å². The van der Waals surface area contributed by atoms with Crippen LogP contribution in [0.2, 0.25) is 0 Å². The van der Waals surface area contributed by atoms with Crippen LogP contribution in [-0.2, 0) is 28.9 Å². The molecule has 1 amide bonds. The van der Waals surface area contributed by atoms with E-state index in [-0.39, 0.29) is 5.91 Å². The molecule has 1 heterocycles. The summed E-state index contributed by atoms with van der Waals surface area (Å²) in [5, 5.41) is 0. The van der Waals surface area contributed by atoms with Gasteiger partial charge in [-0.1, -0.05) is 48.5 Å². The van der Waals surface area contributed by atoms with Crippen molar-refractivity contribution in [1.82, 2.24) is 4.90 Å². The summed E-state index contributed by atoms with van der Waals surface area (Å²) in [5.74, 6) is 0.229. The third kappa shape index (κ3) is 5.15. The summed E-state index contributed by atoms with van der Waals surface area (Å²) in [4.78, 5) is 14.1. The zero-order chi connectivity index (χ0) is 17.5. The fourth-order valence-corrected chi connectivity index (χ4v) is 3.07. The second kappa shape index (κ2) is 8.79. The van der Waals surface area contributed by atoms with Crippen molar-refractivity contribution in [2.45, 2.75) is 25.8 Å². The van der Waals surface area contributed by atoms with Crippen LogP contribution < -0.4 is 5.73 Å². The molecule has 0 spiro atoms. The number of hydrogen-bond donors (Lipinski definition) is 1. The van der Waals surface area contributed by atoms with Crippen LogP contribution in [0.1, 0.15) is 28.7 Å². The topological polar surface area (TPSA) is 55.6 Å². The van der Waals surface area contributed by atoms with E-state index in [1.165, 1.54) is 16.7 Å². The van der Waals surface area contributed by atoms with Crippen molar-refractivity contribution in [3.8, 4) is 0 Å². The van der Waals surface area contributed by atoms with E-state index in [9.17, 15) is 4.79 Å². The van der Waals surface area contributed by atoms with E-state index in [0.29, 0.717) is 26.2 Å². The summed E-state index contributed by atoms with van der Waals surface area (Å²) in [5.41, 5.74) is 10.6. The minimum Gasteiger partial charge on any atom is -0.378 e. The van der Waals surface area contributed by atoms with E-state index in [1.54, 1.807) is 0 Å². The first-order valence-electron chi connectivity index (χ1n) is 8.96. The standard InChI is InChI=1S/C21H26N2O2/c22-16-20-7-5-19(6-8-20)15-18-3-1-17(2-4-18)9-10-21(24)23-11-13-25-14-12-23/h1-8H,9-16,22H2. The van der Waals surface area contributed by atoms with Gasteiger partial charge >= 0.3 is 0 Å². The number of ether oxygens (including phenoxy) is 1. The van der Waals surface area contributed by atoms with Gasteiger partial charge in [0.15, 0.2) is 0 Å². The average molecular weight is 338 g/mol. The lowest BCUT2D eigenvalue weighted by molar-refractivity contribution is -0.135. The Bertz CT molecular complexity index is 674. The molecule has 132 valence electrons. The quantitative estimate of drug-likeness (QED) is 0.880. The summed E-state index contributed by atoms with van der Waals surface area (Å²) in [6.07, 6.45) is 2.28. The van der Waals surface area contributed by atoms with Crippen LogP contribution in [0, 0.1) is 0 Å². The number of hydrogen-bond acceptors (Lipinski definition) is 3. The van der Waals surface area contributed by atoms with E-state index in [2.05, 4.69) is 48.5 Å². The van der Waals surface area contributed by atoms with Gasteiger partial charge in [-0.3, -0.25) is 4.79 Å². The third-order valence-corrected chi connectivity index (χ3v) is 4.68. The molecule has 1 saturated heterocycles. The van der Waals surface area contributed by atoms with Gasteiger partial charge in [0, 0.05) is 26.1 Å². The van der Waals surface area contributed by atoms with Crippen LogP contribution in [-0.4, -0.2) is 37.1 Å². The largest absolute Gasteiger partial charge is 0.378 e. The molecule has 0 saturated carbocycles. The third-order valence-electron chi connectivity index (χ3n) is 4.68. The number of amides is 1. The predicted molar refractivity (Wildman–Crippen MR) is 99.3 cm³/mol. The molecule has 0 aliphatic carbocycles. The number of carbonyl (C=O) groups excluding carboxylic acids is 1. The van der Waals surface area contributed by atoms with E-state index in [4.69, 9.17) is 10.5 Å². The average Bonchev–Trinajstić information content (AvgIpc) is 2.68. The van der Waals surface area contributed by atoms with E-state index < -0.39 is 0 Å². The van der Waals surface area contributed by atoms with Crippen LogP contribution in [0.5, 0.6) is 0 Å². The van der Waals surface area contributed by atoms with Gasteiger partial charge < -0.3 is 15.4 Å². The summed E-state index contributed by atoms with van der Waals surface area (Å²) in [6.45, 7) is 3.35. The monoisotopic (exact) mass is 338 g/mol. The molecule has 2 aromatic carbocycles. The molecule has 1 aliphatic heterocycles. The molecule has 0 bridgehead atoms. The van der Waals surface area contributed by atoms with E-state index >= 15 is 0 Å². The van der Waals surface area contributed by atoms with Gasteiger partial charge in [-0.2, -0.15) is 0 Å². The van der Waals surface area contributed by atoms with E-state index in [0.717, 1.165) is 31.5 Å². The molecule has 4 heteroatoms. The van der Waals surface area contributed by atoms with Gasteiger partial charge in [0.25, 0.3) is 0 Å². The van der Waals surface area contributed by atoms with Crippen molar-refractivity contribution in [3.63, 3.8) is 0 Å². The van der Waals surface area contributed by atoms with Crippen LogP contribution in [0.15, 0.2) is 48.5 Å². The van der Waals surface area contributed by atoms with Crippen molar-refractivity contribution in [3.05, 3.63) is 70.8 Å². The molecule has 3 rings (SSSR count). The number of aryl methyl sites for hydroxylation is 1. The normalized spacial score (nSPS) is 14.5. The number of nitrogens with zero attached hydrogens (tertiary/aromatic N) is 1. The fourth-order valence-electron chi connectivity index (χ4n) is 3.07. The highest BCUT2D eigenvalue weighted by Crippen LogP contribution is 2.13. The Balaban J connectivity index is 1.50. The molecular weight excluding hydrogens is 312 g/mol. The number of rotatable bonds is 6. The molecule has 4 nitrogen and oxygen atoms in total. The predicted octanol–water partition coefficient (Wildman–Crippen LogP) is 2.53. The SMILES string of the molecule is NCc1ccc(Cc2ccc(CCC(=O)N3CCOCC3)cc2)cc1. The first-order valence-corrected chi connectivity index (χ1v) is 8.96. The maximum atomic E-state index is 12.2. The Labute approximate surface area is 149 Å². The number of nitrogens with two attached hydrogens (primary N) is 1. The Morgan fingerprint density at radius 3 is 1.96 bits per heavy atom. The first-order chi connectivity index (χ1) is 12.2. The van der Waals surface area contributed by atoms with E-state index in [1.807, 2.05) is 4.90 Å². The molecule has 2 aromatic rings. The highest BCUT2D eigenvalue weighted by molar-refractivity contribution is 5.76. The number of morpholine rings is 1. The molecule has 0 radical (unpaired) electrons. The minimum absolute atomic E-state index is 0.229. The summed E-state index contributed by atoms with van der Waals surface area (Å²) in [7, 11) is 0. The van der Waals surface area contributed by atoms with Crippen LogP contribution >= 0.6 is 0 Å². The molecule has 2 N–H and O–H groups in total. The highest BCUT2D eigenvalue weighted by Gasteiger charge is 2.16. The molecule has 1 fully saturated rings. The number of carbonyl (C=O) groups is 1. The summed E-state index contributed by atoms with van der Waals surface area (Å²) < 4.78 is 5.29. The molecule has 0 unspecified atom stereocenters. The van der Waals surface area contributed by atoms with Gasteiger partial charge in [0.2, 0.25) is 5.91 Å². The Morgan fingerprint density at radius 2 is 1.40 bits per heavy atom. The van der Waals surface area contributed by atoms with Crippen molar-refractivity contribution < 1.29 is 9.53 Å². The second-order valence-corrected chi connectivity index (χ2v) is 6.51. The molecule has 1 aliphatic rings. The van der Waals surface area contributed by atoms with Gasteiger partial charge in [-0.05, 0) is 35.1 Å². The van der Waals surface area contributed by atoms with Crippen LogP contribution in [0.3, 0.4) is 0 Å². The lowest BCUT2D eigenvalue weighted by Gasteiger charge is -2.26. The van der Waals surface area contributed by atoms with Gasteiger partial charge in [0.1, 0.15) is 0 Å². The molecule has 25 heavy (non-hydrogen) atoms. The summed E-state index contributed by atoms with van der Waals surface area (Å²) >= 11 is 0. The van der Waals surface area contributed by atoms with Crippen molar-refractivity contribution in [2.24, 2.45) is 5.73 Å². The van der Waals surface area contributed by atoms with Gasteiger partial charge in [0.05, 0.1) is 13.2 Å². The zero-order valence-corrected chi connectivity index (χ0v) is 14.6. The minimum atomic E-state index is 0.229. The maximum Gasteiger partial charge on any atom is 0.223 e. The number of benzene rings is 2. The lowest BCUT2D eigenvalue weighted by atomic mass is 10.0. The highest BCUT2D eigenvalue weighted by atomic mass is 16.5. The lowest BCUT2D eigenvalue weighted by Crippen LogP contribution is -2.40. The van der Waals surface area contributed by atoms with Crippen molar-refractivity contribution in [1.29, 1.82) is 0 Å². The van der Waals surface area contributed by atoms with Gasteiger partial charge in [-0.25, -0.2) is 0 Å². The second-order valence-electron chi connectivity index (χ2n) is 6.51. The maximum absolute atomic E-state index is 12.2. The molecular formula is C21H26N2O2. The van der Waals surface area contributed by atoms with Crippen molar-refractivity contribution in [2.75, 3.05) is 26.3 Å². The van der Waals surface area contributed by atoms with Crippen LogP contribution in [0.4, 0.5) is 0 Å². The fraction of sp³-hybridized carbons (Fsp3) is 0.381. The smallest absolute Gasteiger partial charge is 0.223 e. The Kier molecular flexibility index (Phi) is 6.20. The first kappa shape index (κ1) is 17.6. The van der Waals surface area contributed by atoms with Crippen LogP contribution in [0.25, 0.3) is 0 Å². The Hall–Kier alpha value is -2.17. The summed E-state index contributed by atoms with van der Waals surface area (Å²) in [6, 6.07) is 17.0.